The number of nitrogens with one attached hydrogen (secondary N) is 1. The van der Waals surface area contributed by atoms with Crippen LogP contribution in [0.3, 0.4) is 0 Å². The maximum Gasteiger partial charge on any atom is 0.243 e. The second kappa shape index (κ2) is 8.67. The Labute approximate surface area is 157 Å². The van der Waals surface area contributed by atoms with Crippen LogP contribution in [0, 0.1) is 0 Å². The van der Waals surface area contributed by atoms with Crippen LogP contribution in [0.1, 0.15) is 12.5 Å². The first-order valence-corrected chi connectivity index (χ1v) is 9.80. The molecule has 0 aromatic heterocycles. The summed E-state index contributed by atoms with van der Waals surface area (Å²) in [6.45, 7) is 1.81. The van der Waals surface area contributed by atoms with Crippen LogP contribution in [0.5, 0.6) is 0 Å². The van der Waals surface area contributed by atoms with E-state index in [0.29, 0.717) is 10.0 Å². The highest BCUT2D eigenvalue weighted by Crippen LogP contribution is 2.18. The lowest BCUT2D eigenvalue weighted by atomic mass is 10.2. The lowest BCUT2D eigenvalue weighted by molar-refractivity contribution is -0.121. The molecule has 0 fully saturated rings. The lowest BCUT2D eigenvalue weighted by Gasteiger charge is -2.20. The van der Waals surface area contributed by atoms with Crippen molar-refractivity contribution < 1.29 is 13.2 Å². The van der Waals surface area contributed by atoms with Crippen molar-refractivity contribution in [2.75, 3.05) is 13.1 Å². The second-order valence-electron chi connectivity index (χ2n) is 5.25. The van der Waals surface area contributed by atoms with Crippen molar-refractivity contribution in [3.8, 4) is 0 Å². The Kier molecular flexibility index (Phi) is 6.84. The minimum atomic E-state index is -3.77. The molecule has 0 radical (unpaired) electrons. The first kappa shape index (κ1) is 19.7. The third-order valence-electron chi connectivity index (χ3n) is 3.56. The molecule has 0 heterocycles. The normalized spacial score (nSPS) is 11.5. The van der Waals surface area contributed by atoms with Gasteiger partial charge in [0.05, 0.1) is 11.4 Å². The van der Waals surface area contributed by atoms with Crippen LogP contribution in [0.15, 0.2) is 53.4 Å². The van der Waals surface area contributed by atoms with E-state index in [1.165, 1.54) is 24.3 Å². The molecule has 2 rings (SSSR count). The highest BCUT2D eigenvalue weighted by Gasteiger charge is 2.25. The topological polar surface area (TPSA) is 66.5 Å². The molecule has 25 heavy (non-hydrogen) atoms. The molecule has 0 aliphatic heterocycles. The number of benzene rings is 2. The number of hydrogen-bond acceptors (Lipinski definition) is 3. The van der Waals surface area contributed by atoms with E-state index in [1.54, 1.807) is 25.1 Å². The molecule has 0 aliphatic rings. The molecule has 5 nitrogen and oxygen atoms in total. The summed E-state index contributed by atoms with van der Waals surface area (Å²) in [6.07, 6.45) is 0. The fraction of sp³-hybridized carbons (Fsp3) is 0.235. The van der Waals surface area contributed by atoms with Gasteiger partial charge < -0.3 is 5.32 Å². The number of rotatable bonds is 7. The molecule has 8 heteroatoms. The van der Waals surface area contributed by atoms with Gasteiger partial charge in [0, 0.05) is 23.1 Å². The third kappa shape index (κ3) is 5.19. The monoisotopic (exact) mass is 400 g/mol. The van der Waals surface area contributed by atoms with Crippen LogP contribution in [-0.4, -0.2) is 31.7 Å². The van der Waals surface area contributed by atoms with Crippen LogP contribution in [-0.2, 0) is 21.4 Å². The Bertz CT molecular complexity index is 839. The van der Waals surface area contributed by atoms with E-state index in [0.717, 1.165) is 9.87 Å². The van der Waals surface area contributed by atoms with Gasteiger partial charge in [-0.05, 0) is 35.9 Å². The van der Waals surface area contributed by atoms with Gasteiger partial charge in [-0.15, -0.1) is 0 Å². The summed E-state index contributed by atoms with van der Waals surface area (Å²) in [5.41, 5.74) is 0.765. The van der Waals surface area contributed by atoms with E-state index in [9.17, 15) is 13.2 Å². The van der Waals surface area contributed by atoms with Crippen molar-refractivity contribution in [1.29, 1.82) is 0 Å². The zero-order valence-corrected chi connectivity index (χ0v) is 15.9. The Balaban J connectivity index is 2.04. The number of nitrogens with zero attached hydrogens (tertiary/aromatic N) is 1. The summed E-state index contributed by atoms with van der Waals surface area (Å²) in [5.74, 6) is -0.403. The quantitative estimate of drug-likeness (QED) is 0.774. The summed E-state index contributed by atoms with van der Waals surface area (Å²) in [6, 6.07) is 13.0. The van der Waals surface area contributed by atoms with E-state index < -0.39 is 15.9 Å². The number of hydrogen-bond donors (Lipinski definition) is 1. The number of carbonyl (C=O) groups is 1. The number of amides is 1. The molecule has 0 unspecified atom stereocenters. The van der Waals surface area contributed by atoms with Crippen LogP contribution in [0.25, 0.3) is 0 Å². The predicted octanol–water partition coefficient (Wildman–Crippen LogP) is 3.32. The molecule has 0 saturated carbocycles. The Morgan fingerprint density at radius 1 is 1.08 bits per heavy atom. The molecule has 0 saturated heterocycles. The highest BCUT2D eigenvalue weighted by molar-refractivity contribution is 7.89. The van der Waals surface area contributed by atoms with Gasteiger partial charge in [0.25, 0.3) is 0 Å². The van der Waals surface area contributed by atoms with Gasteiger partial charge in [0.2, 0.25) is 15.9 Å². The summed E-state index contributed by atoms with van der Waals surface area (Å²) in [5, 5.41) is 3.68. The SMILES string of the molecule is CCN(CC(=O)NCc1ccccc1Cl)S(=O)(=O)c1ccc(Cl)cc1. The first-order valence-electron chi connectivity index (χ1n) is 7.60. The molecule has 1 N–H and O–H groups in total. The summed E-state index contributed by atoms with van der Waals surface area (Å²) in [7, 11) is -3.77. The molecule has 0 atom stereocenters. The fourth-order valence-electron chi connectivity index (χ4n) is 2.17. The molecule has 0 bridgehead atoms. The predicted molar refractivity (Wildman–Crippen MR) is 99.2 cm³/mol. The molecular weight excluding hydrogens is 383 g/mol. The molecule has 2 aromatic rings. The van der Waals surface area contributed by atoms with Gasteiger partial charge in [-0.25, -0.2) is 8.42 Å². The molecule has 0 aliphatic carbocycles. The summed E-state index contributed by atoms with van der Waals surface area (Å²) >= 11 is 11.8. The number of likely N-dealkylation sites (N-methyl/N-ethyl adjacent to an activating group) is 1. The molecule has 0 spiro atoms. The smallest absolute Gasteiger partial charge is 0.243 e. The van der Waals surface area contributed by atoms with E-state index in [2.05, 4.69) is 5.32 Å². The van der Waals surface area contributed by atoms with Crippen molar-refractivity contribution >= 4 is 39.1 Å². The summed E-state index contributed by atoms with van der Waals surface area (Å²) in [4.78, 5) is 12.2. The van der Waals surface area contributed by atoms with Gasteiger partial charge in [-0.1, -0.05) is 48.3 Å². The number of halogens is 2. The number of carbonyl (C=O) groups excluding carboxylic acids is 1. The van der Waals surface area contributed by atoms with Gasteiger partial charge in [-0.3, -0.25) is 4.79 Å². The van der Waals surface area contributed by atoms with Gasteiger partial charge in [-0.2, -0.15) is 4.31 Å². The largest absolute Gasteiger partial charge is 0.351 e. The van der Waals surface area contributed by atoms with E-state index >= 15 is 0 Å². The van der Waals surface area contributed by atoms with Crippen LogP contribution < -0.4 is 5.32 Å². The van der Waals surface area contributed by atoms with Gasteiger partial charge in [0.1, 0.15) is 0 Å². The van der Waals surface area contributed by atoms with Crippen molar-refractivity contribution in [2.45, 2.75) is 18.4 Å². The third-order valence-corrected chi connectivity index (χ3v) is 6.11. The first-order chi connectivity index (χ1) is 11.8. The van der Waals surface area contributed by atoms with Crippen molar-refractivity contribution in [3.05, 3.63) is 64.1 Å². The molecular formula is C17H18Cl2N2O3S. The summed E-state index contributed by atoms with van der Waals surface area (Å²) < 4.78 is 26.3. The maximum absolute atomic E-state index is 12.6. The zero-order valence-electron chi connectivity index (χ0n) is 13.6. The van der Waals surface area contributed by atoms with E-state index in [4.69, 9.17) is 23.2 Å². The zero-order chi connectivity index (χ0) is 18.4. The van der Waals surface area contributed by atoms with Gasteiger partial charge >= 0.3 is 0 Å². The van der Waals surface area contributed by atoms with E-state index in [1.807, 2.05) is 6.07 Å². The minimum absolute atomic E-state index is 0.0950. The molecule has 1 amide bonds. The van der Waals surface area contributed by atoms with Crippen molar-refractivity contribution in [1.82, 2.24) is 9.62 Å². The standard InChI is InChI=1S/C17H18Cl2N2O3S/c1-2-21(25(23,24)15-9-7-14(18)8-10-15)12-17(22)20-11-13-5-3-4-6-16(13)19/h3-10H,2,11-12H2,1H3,(H,20,22). The van der Waals surface area contributed by atoms with E-state index in [-0.39, 0.29) is 24.5 Å². The van der Waals surface area contributed by atoms with Crippen molar-refractivity contribution in [3.63, 3.8) is 0 Å². The van der Waals surface area contributed by atoms with Gasteiger partial charge in [0.15, 0.2) is 0 Å². The lowest BCUT2D eigenvalue weighted by Crippen LogP contribution is -2.40. The van der Waals surface area contributed by atoms with Crippen LogP contribution in [0.4, 0.5) is 0 Å². The Hall–Kier alpha value is -1.60. The second-order valence-corrected chi connectivity index (χ2v) is 8.03. The Morgan fingerprint density at radius 2 is 1.72 bits per heavy atom. The minimum Gasteiger partial charge on any atom is -0.351 e. The molecule has 134 valence electrons. The molecule has 2 aromatic carbocycles. The fourth-order valence-corrected chi connectivity index (χ4v) is 3.91. The van der Waals surface area contributed by atoms with Crippen LogP contribution >= 0.6 is 23.2 Å². The number of sulfonamides is 1. The van der Waals surface area contributed by atoms with Crippen molar-refractivity contribution in [2.24, 2.45) is 0 Å². The highest BCUT2D eigenvalue weighted by atomic mass is 35.5. The van der Waals surface area contributed by atoms with Crippen LogP contribution in [0.2, 0.25) is 10.0 Å². The maximum atomic E-state index is 12.6. The average molecular weight is 401 g/mol. The average Bonchev–Trinajstić information content (AvgIpc) is 2.59. The Morgan fingerprint density at radius 3 is 2.32 bits per heavy atom.